The second-order valence-electron chi connectivity index (χ2n) is 10.4. The van der Waals surface area contributed by atoms with Crippen molar-refractivity contribution in [2.75, 3.05) is 0 Å². The second kappa shape index (κ2) is 8.36. The Labute approximate surface area is 162 Å². The topological polar surface area (TPSA) is 17.1 Å². The van der Waals surface area contributed by atoms with Gasteiger partial charge in [-0.25, -0.2) is 0 Å². The average molecular weight is 359 g/mol. The molecule has 0 saturated heterocycles. The molecule has 0 heterocycles. The molecule has 0 aromatic carbocycles. The van der Waals surface area contributed by atoms with Gasteiger partial charge >= 0.3 is 0 Å². The summed E-state index contributed by atoms with van der Waals surface area (Å²) >= 11 is 0. The van der Waals surface area contributed by atoms with Crippen molar-refractivity contribution in [2.24, 2.45) is 22.7 Å². The van der Waals surface area contributed by atoms with Crippen molar-refractivity contribution in [1.29, 1.82) is 0 Å². The number of Topliss-reactive ketones (excluding diaryl/α,β-unsaturated/α-hetero) is 1. The zero-order valence-electron chi connectivity index (χ0n) is 17.2. The molecule has 4 fully saturated rings. The number of ketones is 1. The third-order valence-corrected chi connectivity index (χ3v) is 9.17. The highest BCUT2D eigenvalue weighted by atomic mass is 16.1. The van der Waals surface area contributed by atoms with Gasteiger partial charge < -0.3 is 0 Å². The van der Waals surface area contributed by atoms with Gasteiger partial charge in [0.05, 0.1) is 0 Å². The van der Waals surface area contributed by atoms with Gasteiger partial charge in [0.15, 0.2) is 0 Å². The van der Waals surface area contributed by atoms with E-state index in [1.54, 1.807) is 0 Å². The monoisotopic (exact) mass is 358 g/mol. The van der Waals surface area contributed by atoms with Crippen LogP contribution in [0.15, 0.2) is 0 Å². The molecular weight excluding hydrogens is 316 g/mol. The summed E-state index contributed by atoms with van der Waals surface area (Å²) in [5.41, 5.74) is 0.181. The fourth-order valence-electron chi connectivity index (χ4n) is 7.81. The van der Waals surface area contributed by atoms with Crippen LogP contribution < -0.4 is 0 Å². The lowest BCUT2D eigenvalue weighted by Gasteiger charge is -2.53. The molecule has 0 bridgehead atoms. The maximum Gasteiger partial charge on any atom is 0.145 e. The molecule has 0 aliphatic heterocycles. The molecule has 148 valence electrons. The third-order valence-electron chi connectivity index (χ3n) is 9.17. The van der Waals surface area contributed by atoms with E-state index in [1.165, 1.54) is 128 Å². The summed E-state index contributed by atoms with van der Waals surface area (Å²) in [5, 5.41) is 0. The smallest absolute Gasteiger partial charge is 0.145 e. The zero-order valence-corrected chi connectivity index (χ0v) is 17.2. The summed E-state index contributed by atoms with van der Waals surface area (Å²) in [4.78, 5) is 14.6. The molecule has 0 aromatic rings. The number of hydrogen-bond donors (Lipinski definition) is 0. The molecule has 4 aliphatic rings. The predicted molar refractivity (Wildman–Crippen MR) is 109 cm³/mol. The minimum atomic E-state index is 0.0907. The maximum atomic E-state index is 14.6. The Morgan fingerprint density at radius 2 is 0.769 bits per heavy atom. The Hall–Kier alpha value is -0.330. The van der Waals surface area contributed by atoms with Crippen molar-refractivity contribution in [3.63, 3.8) is 0 Å². The van der Waals surface area contributed by atoms with E-state index in [2.05, 4.69) is 0 Å². The Bertz CT molecular complexity index is 413. The van der Waals surface area contributed by atoms with E-state index in [1.807, 2.05) is 0 Å². The number of carbonyl (C=O) groups is 1. The molecule has 0 N–H and O–H groups in total. The average Bonchev–Trinajstić information content (AvgIpc) is 2.75. The van der Waals surface area contributed by atoms with Gasteiger partial charge in [-0.3, -0.25) is 4.79 Å². The molecule has 1 heteroatoms. The SMILES string of the molecule is O=C(C1(C2CCCCC2)CCCCC1)C1(C2CCCCC2)CCCCC1. The van der Waals surface area contributed by atoms with Crippen LogP contribution in [0.3, 0.4) is 0 Å². The Morgan fingerprint density at radius 3 is 1.12 bits per heavy atom. The molecule has 0 atom stereocenters. The van der Waals surface area contributed by atoms with Crippen LogP contribution in [0.2, 0.25) is 0 Å². The molecule has 0 spiro atoms. The summed E-state index contributed by atoms with van der Waals surface area (Å²) < 4.78 is 0. The van der Waals surface area contributed by atoms with Gasteiger partial charge in [0.25, 0.3) is 0 Å². The van der Waals surface area contributed by atoms with Gasteiger partial charge in [-0.1, -0.05) is 77.0 Å². The van der Waals surface area contributed by atoms with E-state index in [-0.39, 0.29) is 10.8 Å². The first-order valence-corrected chi connectivity index (χ1v) is 12.3. The van der Waals surface area contributed by atoms with E-state index in [9.17, 15) is 4.79 Å². The molecular formula is C25H42O. The minimum Gasteiger partial charge on any atom is -0.298 e. The van der Waals surface area contributed by atoms with Crippen molar-refractivity contribution in [3.8, 4) is 0 Å². The van der Waals surface area contributed by atoms with Crippen molar-refractivity contribution in [2.45, 2.75) is 128 Å². The standard InChI is InChI=1S/C25H42O/c26-23(24(17-9-3-10-18-24)21-13-5-1-6-14-21)25(19-11-4-12-20-25)22-15-7-2-8-16-22/h21-22H,1-20H2. The highest BCUT2D eigenvalue weighted by molar-refractivity contribution is 5.91. The number of rotatable bonds is 4. The highest BCUT2D eigenvalue weighted by Gasteiger charge is 2.56. The normalized spacial score (nSPS) is 30.8. The van der Waals surface area contributed by atoms with E-state index < -0.39 is 0 Å². The van der Waals surface area contributed by atoms with Crippen LogP contribution in [0.5, 0.6) is 0 Å². The zero-order chi connectivity index (χ0) is 17.9. The van der Waals surface area contributed by atoms with Gasteiger partial charge in [0.1, 0.15) is 5.78 Å². The molecule has 4 saturated carbocycles. The van der Waals surface area contributed by atoms with Gasteiger partial charge in [-0.15, -0.1) is 0 Å². The first kappa shape index (κ1) is 19.0. The number of hydrogen-bond acceptors (Lipinski definition) is 1. The predicted octanol–water partition coefficient (Wildman–Crippen LogP) is 7.62. The summed E-state index contributed by atoms with van der Waals surface area (Å²) in [6.07, 6.45) is 26.8. The molecule has 4 aliphatic carbocycles. The van der Waals surface area contributed by atoms with E-state index in [0.717, 1.165) is 17.6 Å². The molecule has 0 aromatic heterocycles. The lowest BCUT2D eigenvalue weighted by atomic mass is 9.49. The molecule has 4 rings (SSSR count). The summed E-state index contributed by atoms with van der Waals surface area (Å²) in [6.45, 7) is 0. The minimum absolute atomic E-state index is 0.0907. The maximum absolute atomic E-state index is 14.6. The van der Waals surface area contributed by atoms with E-state index in [0.29, 0.717) is 0 Å². The Morgan fingerprint density at radius 1 is 0.462 bits per heavy atom. The summed E-state index contributed by atoms with van der Waals surface area (Å²) in [7, 11) is 0. The fourth-order valence-corrected chi connectivity index (χ4v) is 7.81. The van der Waals surface area contributed by atoms with E-state index >= 15 is 0 Å². The van der Waals surface area contributed by atoms with Crippen molar-refractivity contribution in [3.05, 3.63) is 0 Å². The first-order valence-electron chi connectivity index (χ1n) is 12.3. The molecule has 0 unspecified atom stereocenters. The quantitative estimate of drug-likeness (QED) is 0.505. The van der Waals surface area contributed by atoms with Gasteiger partial charge in [-0.05, 0) is 63.2 Å². The van der Waals surface area contributed by atoms with Crippen molar-refractivity contribution < 1.29 is 4.79 Å². The second-order valence-corrected chi connectivity index (χ2v) is 10.4. The van der Waals surface area contributed by atoms with Gasteiger partial charge in [0, 0.05) is 10.8 Å². The van der Waals surface area contributed by atoms with Gasteiger partial charge in [0.2, 0.25) is 0 Å². The van der Waals surface area contributed by atoms with Gasteiger partial charge in [-0.2, -0.15) is 0 Å². The molecule has 1 nitrogen and oxygen atoms in total. The third kappa shape index (κ3) is 3.42. The fraction of sp³-hybridized carbons (Fsp3) is 0.960. The summed E-state index contributed by atoms with van der Waals surface area (Å²) in [5.74, 6) is 2.28. The van der Waals surface area contributed by atoms with Crippen LogP contribution in [0, 0.1) is 22.7 Å². The van der Waals surface area contributed by atoms with Crippen LogP contribution in [0.1, 0.15) is 128 Å². The number of carbonyl (C=O) groups excluding carboxylic acids is 1. The highest BCUT2D eigenvalue weighted by Crippen LogP contribution is 2.58. The lowest BCUT2D eigenvalue weighted by Crippen LogP contribution is -2.53. The van der Waals surface area contributed by atoms with Crippen LogP contribution in [-0.4, -0.2) is 5.78 Å². The van der Waals surface area contributed by atoms with Crippen LogP contribution in [-0.2, 0) is 4.79 Å². The summed E-state index contributed by atoms with van der Waals surface area (Å²) in [6, 6.07) is 0. The molecule has 0 radical (unpaired) electrons. The lowest BCUT2D eigenvalue weighted by molar-refractivity contribution is -0.154. The van der Waals surface area contributed by atoms with Crippen LogP contribution >= 0.6 is 0 Å². The van der Waals surface area contributed by atoms with Crippen LogP contribution in [0.4, 0.5) is 0 Å². The molecule has 26 heavy (non-hydrogen) atoms. The Kier molecular flexibility index (Phi) is 6.11. The van der Waals surface area contributed by atoms with Crippen molar-refractivity contribution in [1.82, 2.24) is 0 Å². The van der Waals surface area contributed by atoms with Crippen LogP contribution in [0.25, 0.3) is 0 Å². The van der Waals surface area contributed by atoms with Crippen molar-refractivity contribution >= 4 is 5.78 Å². The Balaban J connectivity index is 1.66. The first-order chi connectivity index (χ1) is 12.8. The largest absolute Gasteiger partial charge is 0.298 e. The van der Waals surface area contributed by atoms with E-state index in [4.69, 9.17) is 0 Å². The molecule has 0 amide bonds.